The van der Waals surface area contributed by atoms with Crippen molar-refractivity contribution in [3.63, 3.8) is 0 Å². The molecule has 8 heteroatoms. The third kappa shape index (κ3) is 5.15. The molecule has 0 aliphatic rings. The Bertz CT molecular complexity index is 573. The van der Waals surface area contributed by atoms with Crippen molar-refractivity contribution in [1.82, 2.24) is 10.2 Å². The van der Waals surface area contributed by atoms with Crippen molar-refractivity contribution in [1.29, 1.82) is 0 Å². The van der Waals surface area contributed by atoms with Crippen LogP contribution in [-0.2, 0) is 15.8 Å². The number of ether oxygens (including phenoxy) is 1. The molecule has 0 radical (unpaired) electrons. The van der Waals surface area contributed by atoms with Crippen molar-refractivity contribution in [3.8, 4) is 5.75 Å². The number of nitrogens with zero attached hydrogens (tertiary/aromatic N) is 1. The third-order valence-electron chi connectivity index (χ3n) is 3.04. The van der Waals surface area contributed by atoms with Gasteiger partial charge in [-0.3, -0.25) is 9.59 Å². The highest BCUT2D eigenvalue weighted by Gasteiger charge is 2.35. The van der Waals surface area contributed by atoms with Gasteiger partial charge in [-0.15, -0.1) is 0 Å². The minimum atomic E-state index is -4.58. The summed E-state index contributed by atoms with van der Waals surface area (Å²) in [6.07, 6.45) is -5.77. The molecule has 0 aliphatic heterocycles. The number of rotatable bonds is 5. The van der Waals surface area contributed by atoms with E-state index in [-0.39, 0.29) is 5.91 Å². The summed E-state index contributed by atoms with van der Waals surface area (Å²) < 4.78 is 43.7. The average molecular weight is 332 g/mol. The molecule has 0 heterocycles. The Hall–Kier alpha value is -2.25. The first kappa shape index (κ1) is 18.8. The van der Waals surface area contributed by atoms with Gasteiger partial charge in [0.1, 0.15) is 11.8 Å². The number of likely N-dealkylation sites (N-methyl/N-ethyl adjacent to an activating group) is 1. The SMILES string of the molecule is CC(NC(=O)C(C)Oc1ccccc1C(F)(F)F)C(=O)N(C)C. The molecule has 128 valence electrons. The van der Waals surface area contributed by atoms with E-state index in [9.17, 15) is 22.8 Å². The molecule has 0 bridgehead atoms. The maximum atomic E-state index is 12.9. The fraction of sp³-hybridized carbons (Fsp3) is 0.467. The quantitative estimate of drug-likeness (QED) is 0.898. The van der Waals surface area contributed by atoms with E-state index >= 15 is 0 Å². The van der Waals surface area contributed by atoms with Gasteiger partial charge in [0.25, 0.3) is 5.91 Å². The molecular formula is C15H19F3N2O3. The number of alkyl halides is 3. The average Bonchev–Trinajstić information content (AvgIpc) is 2.45. The second kappa shape index (κ2) is 7.34. The lowest BCUT2D eigenvalue weighted by molar-refractivity contribution is -0.141. The van der Waals surface area contributed by atoms with Gasteiger partial charge >= 0.3 is 6.18 Å². The normalized spacial score (nSPS) is 13.9. The lowest BCUT2D eigenvalue weighted by Crippen LogP contribution is -2.48. The van der Waals surface area contributed by atoms with Crippen molar-refractivity contribution < 1.29 is 27.5 Å². The van der Waals surface area contributed by atoms with E-state index in [0.717, 1.165) is 12.1 Å². The highest BCUT2D eigenvalue weighted by Crippen LogP contribution is 2.36. The molecule has 5 nitrogen and oxygen atoms in total. The van der Waals surface area contributed by atoms with E-state index in [4.69, 9.17) is 4.74 Å². The van der Waals surface area contributed by atoms with Crippen LogP contribution in [0.3, 0.4) is 0 Å². The molecule has 1 rings (SSSR count). The molecule has 2 amide bonds. The van der Waals surface area contributed by atoms with E-state index in [1.165, 1.54) is 45.0 Å². The van der Waals surface area contributed by atoms with Gasteiger partial charge in [-0.2, -0.15) is 13.2 Å². The molecule has 0 saturated carbocycles. The van der Waals surface area contributed by atoms with E-state index < -0.39 is 35.5 Å². The van der Waals surface area contributed by atoms with Crippen LogP contribution < -0.4 is 10.1 Å². The zero-order chi connectivity index (χ0) is 17.8. The van der Waals surface area contributed by atoms with Crippen LogP contribution in [0.25, 0.3) is 0 Å². The molecule has 0 aromatic heterocycles. The molecule has 1 aromatic rings. The first-order valence-electron chi connectivity index (χ1n) is 6.88. The Morgan fingerprint density at radius 1 is 1.17 bits per heavy atom. The van der Waals surface area contributed by atoms with Gasteiger partial charge in [-0.05, 0) is 26.0 Å². The molecule has 23 heavy (non-hydrogen) atoms. The summed E-state index contributed by atoms with van der Waals surface area (Å²) in [7, 11) is 3.06. The van der Waals surface area contributed by atoms with Crippen LogP contribution in [0, 0.1) is 0 Å². The van der Waals surface area contributed by atoms with E-state index in [0.29, 0.717) is 0 Å². The van der Waals surface area contributed by atoms with Crippen LogP contribution in [0.2, 0.25) is 0 Å². The van der Waals surface area contributed by atoms with Crippen molar-refractivity contribution in [2.75, 3.05) is 14.1 Å². The number of hydrogen-bond acceptors (Lipinski definition) is 3. The summed E-state index contributed by atoms with van der Waals surface area (Å²) in [6, 6.07) is 3.83. The molecule has 2 unspecified atom stereocenters. The molecular weight excluding hydrogens is 313 g/mol. The van der Waals surface area contributed by atoms with Crippen LogP contribution in [0.4, 0.5) is 13.2 Å². The molecule has 2 atom stereocenters. The molecule has 1 aromatic carbocycles. The van der Waals surface area contributed by atoms with Gasteiger partial charge in [0.2, 0.25) is 5.91 Å². The van der Waals surface area contributed by atoms with Crippen molar-refractivity contribution in [2.45, 2.75) is 32.2 Å². The van der Waals surface area contributed by atoms with Crippen LogP contribution in [-0.4, -0.2) is 43.0 Å². The van der Waals surface area contributed by atoms with Crippen molar-refractivity contribution >= 4 is 11.8 Å². The lowest BCUT2D eigenvalue weighted by Gasteiger charge is -2.21. The molecule has 1 N–H and O–H groups in total. The number of amides is 2. The first-order chi connectivity index (χ1) is 10.5. The van der Waals surface area contributed by atoms with Gasteiger partial charge in [0, 0.05) is 14.1 Å². The van der Waals surface area contributed by atoms with Gasteiger partial charge < -0.3 is 15.0 Å². The number of carbonyl (C=O) groups excluding carboxylic acids is 2. The topological polar surface area (TPSA) is 58.6 Å². The van der Waals surface area contributed by atoms with Crippen LogP contribution in [0.1, 0.15) is 19.4 Å². The summed E-state index contributed by atoms with van der Waals surface area (Å²) in [5.74, 6) is -1.44. The summed E-state index contributed by atoms with van der Waals surface area (Å²) in [6.45, 7) is 2.80. The number of carbonyl (C=O) groups is 2. The fourth-order valence-electron chi connectivity index (χ4n) is 1.83. The number of para-hydroxylation sites is 1. The summed E-state index contributed by atoms with van der Waals surface area (Å²) in [5.41, 5.74) is -0.961. The minimum absolute atomic E-state index is 0.332. The number of nitrogens with one attached hydrogen (secondary N) is 1. The maximum Gasteiger partial charge on any atom is 0.419 e. The molecule has 0 saturated heterocycles. The van der Waals surface area contributed by atoms with E-state index in [2.05, 4.69) is 5.32 Å². The predicted octanol–water partition coefficient (Wildman–Crippen LogP) is 2.07. The van der Waals surface area contributed by atoms with E-state index in [1.54, 1.807) is 0 Å². The minimum Gasteiger partial charge on any atom is -0.480 e. The Balaban J connectivity index is 2.79. The second-order valence-corrected chi connectivity index (χ2v) is 5.22. The summed E-state index contributed by atoms with van der Waals surface area (Å²) in [5, 5.41) is 2.40. The van der Waals surface area contributed by atoms with Gasteiger partial charge in [0.15, 0.2) is 6.10 Å². The van der Waals surface area contributed by atoms with Crippen molar-refractivity contribution in [3.05, 3.63) is 29.8 Å². The van der Waals surface area contributed by atoms with Crippen molar-refractivity contribution in [2.24, 2.45) is 0 Å². The van der Waals surface area contributed by atoms with Gasteiger partial charge in [-0.1, -0.05) is 12.1 Å². The van der Waals surface area contributed by atoms with E-state index in [1.807, 2.05) is 0 Å². The Kier molecular flexibility index (Phi) is 6.00. The molecule has 0 fully saturated rings. The van der Waals surface area contributed by atoms with Crippen LogP contribution in [0.5, 0.6) is 5.75 Å². The first-order valence-corrected chi connectivity index (χ1v) is 6.88. The highest BCUT2D eigenvalue weighted by molar-refractivity contribution is 5.88. The standard InChI is InChI=1S/C15H19F3N2O3/c1-9(14(22)20(3)4)19-13(21)10(2)23-12-8-6-5-7-11(12)15(16,17)18/h5-10H,1-4H3,(H,19,21). The van der Waals surface area contributed by atoms with Crippen LogP contribution in [0.15, 0.2) is 24.3 Å². The second-order valence-electron chi connectivity index (χ2n) is 5.22. The monoisotopic (exact) mass is 332 g/mol. The smallest absolute Gasteiger partial charge is 0.419 e. The maximum absolute atomic E-state index is 12.9. The zero-order valence-electron chi connectivity index (χ0n) is 13.3. The number of halogens is 3. The molecule has 0 spiro atoms. The third-order valence-corrected chi connectivity index (χ3v) is 3.04. The largest absolute Gasteiger partial charge is 0.480 e. The number of hydrogen-bond donors (Lipinski definition) is 1. The Morgan fingerprint density at radius 2 is 1.74 bits per heavy atom. The lowest BCUT2D eigenvalue weighted by atomic mass is 10.2. The van der Waals surface area contributed by atoms with Crippen LogP contribution >= 0.6 is 0 Å². The van der Waals surface area contributed by atoms with Gasteiger partial charge in [-0.25, -0.2) is 0 Å². The highest BCUT2D eigenvalue weighted by atomic mass is 19.4. The van der Waals surface area contributed by atoms with Gasteiger partial charge in [0.05, 0.1) is 5.56 Å². The fourth-order valence-corrected chi connectivity index (χ4v) is 1.83. The Labute approximate surface area is 132 Å². The molecule has 0 aliphatic carbocycles. The zero-order valence-corrected chi connectivity index (χ0v) is 13.3. The summed E-state index contributed by atoms with van der Waals surface area (Å²) >= 11 is 0. The number of benzene rings is 1. The predicted molar refractivity (Wildman–Crippen MR) is 77.8 cm³/mol. The summed E-state index contributed by atoms with van der Waals surface area (Å²) in [4.78, 5) is 24.9. The Morgan fingerprint density at radius 3 is 2.26 bits per heavy atom.